The maximum Gasteiger partial charge on any atom is 0.259 e. The number of hydrogen-bond acceptors (Lipinski definition) is 2. The van der Waals surface area contributed by atoms with Crippen molar-refractivity contribution in [2.45, 2.75) is 0 Å². The molecule has 2 aromatic carbocycles. The lowest BCUT2D eigenvalue weighted by molar-refractivity contribution is 0.102. The molecule has 0 unspecified atom stereocenters. The van der Waals surface area contributed by atoms with Gasteiger partial charge in [-0.3, -0.25) is 4.79 Å². The van der Waals surface area contributed by atoms with Crippen molar-refractivity contribution in [3.05, 3.63) is 56.4 Å². The van der Waals surface area contributed by atoms with Gasteiger partial charge in [-0.05, 0) is 52.9 Å². The molecule has 0 radical (unpaired) electrons. The van der Waals surface area contributed by atoms with Crippen LogP contribution in [0.1, 0.15) is 10.4 Å². The highest BCUT2D eigenvalue weighted by atomic mass is 127. The summed E-state index contributed by atoms with van der Waals surface area (Å²) in [6.45, 7) is 0. The number of aromatic hydroxyl groups is 1. The Morgan fingerprint density at radius 3 is 2.79 bits per heavy atom. The minimum atomic E-state index is -0.706. The number of amides is 1. The number of phenols is 1. The van der Waals surface area contributed by atoms with Crippen LogP contribution in [0.15, 0.2) is 36.4 Å². The normalized spacial score (nSPS) is 10.3. The summed E-state index contributed by atoms with van der Waals surface area (Å²) < 4.78 is 14.4. The summed E-state index contributed by atoms with van der Waals surface area (Å²) >= 11 is 7.64. The van der Waals surface area contributed by atoms with Gasteiger partial charge in [-0.2, -0.15) is 0 Å². The van der Waals surface area contributed by atoms with E-state index in [4.69, 9.17) is 11.6 Å². The molecular formula is C13H8ClFINO2. The first-order valence-electron chi connectivity index (χ1n) is 5.23. The van der Waals surface area contributed by atoms with Crippen molar-refractivity contribution >= 4 is 45.8 Å². The molecule has 98 valence electrons. The van der Waals surface area contributed by atoms with Crippen LogP contribution in [0, 0.1) is 9.39 Å². The number of anilines is 1. The van der Waals surface area contributed by atoms with Crippen LogP contribution in [0.5, 0.6) is 5.75 Å². The van der Waals surface area contributed by atoms with Crippen LogP contribution in [0.25, 0.3) is 0 Å². The molecule has 2 aromatic rings. The van der Waals surface area contributed by atoms with Crippen LogP contribution in [0.2, 0.25) is 5.02 Å². The number of rotatable bonds is 2. The van der Waals surface area contributed by atoms with E-state index in [0.717, 1.165) is 3.57 Å². The molecule has 2 N–H and O–H groups in total. The second kappa shape index (κ2) is 5.75. The minimum Gasteiger partial charge on any atom is -0.507 e. The van der Waals surface area contributed by atoms with Crippen LogP contribution in [0.4, 0.5) is 10.1 Å². The Labute approximate surface area is 127 Å². The van der Waals surface area contributed by atoms with Crippen molar-refractivity contribution in [1.29, 1.82) is 0 Å². The maximum atomic E-state index is 13.6. The van der Waals surface area contributed by atoms with Crippen molar-refractivity contribution < 1.29 is 14.3 Å². The van der Waals surface area contributed by atoms with Crippen molar-refractivity contribution in [1.82, 2.24) is 0 Å². The summed E-state index contributed by atoms with van der Waals surface area (Å²) in [7, 11) is 0. The molecule has 0 aliphatic rings. The van der Waals surface area contributed by atoms with Crippen LogP contribution in [0.3, 0.4) is 0 Å². The molecule has 0 bridgehead atoms. The first kappa shape index (κ1) is 14.1. The van der Waals surface area contributed by atoms with Gasteiger partial charge in [0.05, 0.1) is 16.3 Å². The molecule has 3 nitrogen and oxygen atoms in total. The van der Waals surface area contributed by atoms with Gasteiger partial charge in [0.1, 0.15) is 5.75 Å². The van der Waals surface area contributed by atoms with Crippen LogP contribution in [-0.4, -0.2) is 11.0 Å². The average molecular weight is 392 g/mol. The van der Waals surface area contributed by atoms with E-state index >= 15 is 0 Å². The largest absolute Gasteiger partial charge is 0.507 e. The monoisotopic (exact) mass is 391 g/mol. The predicted molar refractivity (Wildman–Crippen MR) is 80.2 cm³/mol. The average Bonchev–Trinajstić information content (AvgIpc) is 2.38. The number of benzene rings is 2. The van der Waals surface area contributed by atoms with E-state index in [-0.39, 0.29) is 22.0 Å². The third-order valence-corrected chi connectivity index (χ3v) is 3.37. The number of carbonyl (C=O) groups is 1. The second-order valence-electron chi connectivity index (χ2n) is 3.72. The lowest BCUT2D eigenvalue weighted by Crippen LogP contribution is -2.13. The molecule has 0 aromatic heterocycles. The molecule has 0 heterocycles. The number of hydrogen-bond donors (Lipinski definition) is 2. The van der Waals surface area contributed by atoms with E-state index < -0.39 is 11.7 Å². The van der Waals surface area contributed by atoms with Gasteiger partial charge in [-0.1, -0.05) is 17.7 Å². The lowest BCUT2D eigenvalue weighted by Gasteiger charge is -2.08. The quantitative estimate of drug-likeness (QED) is 0.759. The molecule has 2 rings (SSSR count). The van der Waals surface area contributed by atoms with Crippen LogP contribution < -0.4 is 5.32 Å². The zero-order chi connectivity index (χ0) is 14.0. The van der Waals surface area contributed by atoms with Crippen molar-refractivity contribution in [2.75, 3.05) is 5.32 Å². The molecular weight excluding hydrogens is 384 g/mol. The van der Waals surface area contributed by atoms with E-state index in [1.54, 1.807) is 6.07 Å². The van der Waals surface area contributed by atoms with Gasteiger partial charge in [0.25, 0.3) is 5.91 Å². The van der Waals surface area contributed by atoms with Crippen molar-refractivity contribution in [2.24, 2.45) is 0 Å². The van der Waals surface area contributed by atoms with Gasteiger partial charge < -0.3 is 10.4 Å². The number of phenolic OH excluding ortho intramolecular Hbond substituents is 1. The fraction of sp³-hybridized carbons (Fsp3) is 0. The topological polar surface area (TPSA) is 49.3 Å². The molecule has 0 saturated carbocycles. The van der Waals surface area contributed by atoms with Crippen molar-refractivity contribution in [3.63, 3.8) is 0 Å². The van der Waals surface area contributed by atoms with Gasteiger partial charge >= 0.3 is 0 Å². The summed E-state index contributed by atoms with van der Waals surface area (Å²) in [5.74, 6) is -1.47. The highest BCUT2D eigenvalue weighted by Crippen LogP contribution is 2.25. The lowest BCUT2D eigenvalue weighted by atomic mass is 10.2. The summed E-state index contributed by atoms with van der Waals surface area (Å²) in [4.78, 5) is 12.0. The number of nitrogens with one attached hydrogen (secondary N) is 1. The van der Waals surface area contributed by atoms with E-state index in [0.29, 0.717) is 0 Å². The standard InChI is InChI=1S/C13H8ClFINO2/c14-9-2-1-3-10(12(9)15)17-13(19)8-6-7(16)4-5-11(8)18/h1-6,18H,(H,17,19). The Morgan fingerprint density at radius 1 is 1.32 bits per heavy atom. The third kappa shape index (κ3) is 3.16. The van der Waals surface area contributed by atoms with E-state index in [2.05, 4.69) is 5.32 Å². The molecule has 6 heteroatoms. The molecule has 19 heavy (non-hydrogen) atoms. The first-order valence-corrected chi connectivity index (χ1v) is 6.68. The zero-order valence-electron chi connectivity index (χ0n) is 9.45. The van der Waals surface area contributed by atoms with Crippen molar-refractivity contribution in [3.8, 4) is 5.75 Å². The summed E-state index contributed by atoms with van der Waals surface area (Å²) in [5.41, 5.74) is 0.0436. The summed E-state index contributed by atoms with van der Waals surface area (Å²) in [6.07, 6.45) is 0. The molecule has 0 fully saturated rings. The Kier molecular flexibility index (Phi) is 4.26. The van der Waals surface area contributed by atoms with Gasteiger partial charge in [0, 0.05) is 3.57 Å². The smallest absolute Gasteiger partial charge is 0.259 e. The molecule has 0 spiro atoms. The molecule has 0 aliphatic carbocycles. The fourth-order valence-electron chi connectivity index (χ4n) is 1.48. The molecule has 0 aliphatic heterocycles. The molecule has 1 amide bonds. The van der Waals surface area contributed by atoms with E-state index in [1.165, 1.54) is 30.3 Å². The third-order valence-electron chi connectivity index (χ3n) is 2.40. The second-order valence-corrected chi connectivity index (χ2v) is 5.37. The number of halogens is 3. The van der Waals surface area contributed by atoms with Crippen LogP contribution >= 0.6 is 34.2 Å². The first-order chi connectivity index (χ1) is 8.99. The van der Waals surface area contributed by atoms with Gasteiger partial charge in [0.15, 0.2) is 5.82 Å². The predicted octanol–water partition coefficient (Wildman–Crippen LogP) is 4.04. The summed E-state index contributed by atoms with van der Waals surface area (Å²) in [5, 5.41) is 11.9. The Morgan fingerprint density at radius 2 is 2.05 bits per heavy atom. The zero-order valence-corrected chi connectivity index (χ0v) is 12.4. The molecule has 0 saturated heterocycles. The Bertz CT molecular complexity index is 649. The highest BCUT2D eigenvalue weighted by Gasteiger charge is 2.14. The van der Waals surface area contributed by atoms with Gasteiger partial charge in [-0.15, -0.1) is 0 Å². The van der Waals surface area contributed by atoms with E-state index in [9.17, 15) is 14.3 Å². The van der Waals surface area contributed by atoms with Gasteiger partial charge in [-0.25, -0.2) is 4.39 Å². The fourth-order valence-corrected chi connectivity index (χ4v) is 2.15. The highest BCUT2D eigenvalue weighted by molar-refractivity contribution is 14.1. The minimum absolute atomic E-state index is 0.0317. The summed E-state index contributed by atoms with van der Waals surface area (Å²) in [6, 6.07) is 8.88. The van der Waals surface area contributed by atoms with Gasteiger partial charge in [0.2, 0.25) is 0 Å². The van der Waals surface area contributed by atoms with Crippen LogP contribution in [-0.2, 0) is 0 Å². The molecule has 0 atom stereocenters. The SMILES string of the molecule is O=C(Nc1cccc(Cl)c1F)c1cc(I)ccc1O. The number of carbonyl (C=O) groups excluding carboxylic acids is 1. The Balaban J connectivity index is 2.31. The maximum absolute atomic E-state index is 13.6. The van der Waals surface area contributed by atoms with E-state index in [1.807, 2.05) is 22.6 Å². The Hall–Kier alpha value is -1.34.